The fourth-order valence-corrected chi connectivity index (χ4v) is 2.30. The van der Waals surface area contributed by atoms with Gasteiger partial charge in [-0.2, -0.15) is 0 Å². The Morgan fingerprint density at radius 3 is 3.12 bits per heavy atom. The first-order valence-electron chi connectivity index (χ1n) is 5.09. The molecule has 0 aliphatic carbocycles. The number of benzene rings is 1. The Morgan fingerprint density at radius 1 is 1.59 bits per heavy atom. The van der Waals surface area contributed by atoms with Gasteiger partial charge in [0.25, 0.3) is 0 Å². The van der Waals surface area contributed by atoms with Crippen molar-refractivity contribution in [3.63, 3.8) is 0 Å². The van der Waals surface area contributed by atoms with Crippen LogP contribution in [0.1, 0.15) is 6.42 Å². The number of nitrogens with one attached hydrogen (secondary N) is 1. The maximum Gasteiger partial charge on any atom is 0.305 e. The summed E-state index contributed by atoms with van der Waals surface area (Å²) in [6, 6.07) is 5.64. The van der Waals surface area contributed by atoms with Crippen LogP contribution < -0.4 is 10.1 Å². The van der Waals surface area contributed by atoms with E-state index in [1.54, 1.807) is 7.11 Å². The Kier molecular flexibility index (Phi) is 3.43. The predicted octanol–water partition coefficient (Wildman–Crippen LogP) is 2.19. The van der Waals surface area contributed by atoms with E-state index in [9.17, 15) is 4.79 Å². The normalized spacial score (nSPS) is 10.4. The lowest BCUT2D eigenvalue weighted by molar-refractivity contribution is -0.136. The number of aromatic nitrogens is 1. The standard InChI is InChI=1S/C11H12N2O3S/c1-16-7-2-3-8-9(6-7)17-11(13-8)12-5-4-10(14)15/h2-3,6H,4-5H2,1H3,(H,12,13)(H,14,15). The maximum absolute atomic E-state index is 10.4. The summed E-state index contributed by atoms with van der Waals surface area (Å²) >= 11 is 1.48. The Labute approximate surface area is 102 Å². The summed E-state index contributed by atoms with van der Waals surface area (Å²) in [6.07, 6.45) is 0.0826. The van der Waals surface area contributed by atoms with E-state index in [4.69, 9.17) is 9.84 Å². The number of nitrogens with zero attached hydrogens (tertiary/aromatic N) is 1. The van der Waals surface area contributed by atoms with Gasteiger partial charge in [-0.25, -0.2) is 4.98 Å². The van der Waals surface area contributed by atoms with Crippen LogP contribution in [0.4, 0.5) is 5.13 Å². The third-order valence-corrected chi connectivity index (χ3v) is 3.19. The van der Waals surface area contributed by atoms with E-state index in [0.717, 1.165) is 21.1 Å². The average Bonchev–Trinajstić information content (AvgIpc) is 2.69. The molecule has 6 heteroatoms. The van der Waals surface area contributed by atoms with Gasteiger partial charge in [0.05, 0.1) is 23.7 Å². The van der Waals surface area contributed by atoms with Crippen molar-refractivity contribution in [1.29, 1.82) is 0 Å². The van der Waals surface area contributed by atoms with Crippen LogP contribution in [0.5, 0.6) is 5.75 Å². The fourth-order valence-electron chi connectivity index (χ4n) is 1.38. The second kappa shape index (κ2) is 5.01. The van der Waals surface area contributed by atoms with Gasteiger partial charge >= 0.3 is 5.97 Å². The minimum Gasteiger partial charge on any atom is -0.497 e. The summed E-state index contributed by atoms with van der Waals surface area (Å²) in [5, 5.41) is 12.2. The van der Waals surface area contributed by atoms with Crippen LogP contribution in [0.15, 0.2) is 18.2 Å². The Morgan fingerprint density at radius 2 is 2.41 bits per heavy atom. The molecule has 0 aliphatic heterocycles. The van der Waals surface area contributed by atoms with E-state index in [1.807, 2.05) is 18.2 Å². The summed E-state index contributed by atoms with van der Waals surface area (Å²) < 4.78 is 6.14. The topological polar surface area (TPSA) is 71.5 Å². The number of ether oxygens (including phenoxy) is 1. The van der Waals surface area contributed by atoms with E-state index in [-0.39, 0.29) is 6.42 Å². The van der Waals surface area contributed by atoms with E-state index in [1.165, 1.54) is 11.3 Å². The van der Waals surface area contributed by atoms with Crippen molar-refractivity contribution in [2.45, 2.75) is 6.42 Å². The van der Waals surface area contributed by atoms with E-state index in [2.05, 4.69) is 10.3 Å². The van der Waals surface area contributed by atoms with Gasteiger partial charge in [0.1, 0.15) is 5.75 Å². The molecule has 0 amide bonds. The van der Waals surface area contributed by atoms with Gasteiger partial charge in [-0.3, -0.25) is 4.79 Å². The monoisotopic (exact) mass is 252 g/mol. The van der Waals surface area contributed by atoms with Gasteiger partial charge in [0, 0.05) is 6.54 Å². The van der Waals surface area contributed by atoms with Crippen LogP contribution in [0.25, 0.3) is 10.2 Å². The molecule has 0 aliphatic rings. The molecule has 2 aromatic rings. The molecule has 0 unspecified atom stereocenters. The lowest BCUT2D eigenvalue weighted by atomic mass is 10.3. The van der Waals surface area contributed by atoms with Crippen LogP contribution in [0.2, 0.25) is 0 Å². The summed E-state index contributed by atoms with van der Waals surface area (Å²) in [5.41, 5.74) is 0.883. The summed E-state index contributed by atoms with van der Waals surface area (Å²) in [6.45, 7) is 0.381. The molecule has 0 radical (unpaired) electrons. The predicted molar refractivity (Wildman–Crippen MR) is 66.9 cm³/mol. The van der Waals surface area contributed by atoms with Gasteiger partial charge in [0.15, 0.2) is 5.13 Å². The SMILES string of the molecule is COc1ccc2nc(NCCC(=O)O)sc2c1. The van der Waals surface area contributed by atoms with Crippen LogP contribution in [-0.4, -0.2) is 29.7 Å². The lowest BCUT2D eigenvalue weighted by Gasteiger charge is -1.97. The third kappa shape index (κ3) is 2.85. The highest BCUT2D eigenvalue weighted by molar-refractivity contribution is 7.22. The number of hydrogen-bond acceptors (Lipinski definition) is 5. The fraction of sp³-hybridized carbons (Fsp3) is 0.273. The first-order chi connectivity index (χ1) is 8.19. The number of aliphatic carboxylic acids is 1. The third-order valence-electron chi connectivity index (χ3n) is 2.21. The van der Waals surface area contributed by atoms with Gasteiger partial charge < -0.3 is 15.2 Å². The highest BCUT2D eigenvalue weighted by atomic mass is 32.1. The summed E-state index contributed by atoms with van der Waals surface area (Å²) in [5.74, 6) is -0.0292. The number of fused-ring (bicyclic) bond motifs is 1. The molecule has 1 aromatic carbocycles. The average molecular weight is 252 g/mol. The van der Waals surface area contributed by atoms with Gasteiger partial charge in [-0.1, -0.05) is 11.3 Å². The van der Waals surface area contributed by atoms with Crippen molar-refractivity contribution < 1.29 is 14.6 Å². The Hall–Kier alpha value is -1.82. The van der Waals surface area contributed by atoms with Crippen molar-refractivity contribution in [2.75, 3.05) is 19.0 Å². The number of anilines is 1. The minimum absolute atomic E-state index is 0.0826. The van der Waals surface area contributed by atoms with Crippen LogP contribution in [0.3, 0.4) is 0 Å². The zero-order chi connectivity index (χ0) is 12.3. The number of carboxylic acid groups (broad SMARTS) is 1. The van der Waals surface area contributed by atoms with Crippen LogP contribution in [-0.2, 0) is 4.79 Å². The van der Waals surface area contributed by atoms with E-state index >= 15 is 0 Å². The second-order valence-electron chi connectivity index (χ2n) is 3.42. The molecule has 1 heterocycles. The number of carbonyl (C=O) groups is 1. The second-order valence-corrected chi connectivity index (χ2v) is 4.45. The van der Waals surface area contributed by atoms with E-state index in [0.29, 0.717) is 6.54 Å². The molecular weight excluding hydrogens is 240 g/mol. The van der Waals surface area contributed by atoms with Crippen molar-refractivity contribution in [1.82, 2.24) is 4.98 Å². The molecule has 0 saturated carbocycles. The highest BCUT2D eigenvalue weighted by Crippen LogP contribution is 2.28. The zero-order valence-corrected chi connectivity index (χ0v) is 10.1. The Balaban J connectivity index is 2.11. The zero-order valence-electron chi connectivity index (χ0n) is 9.27. The van der Waals surface area contributed by atoms with Gasteiger partial charge in [0.2, 0.25) is 0 Å². The molecule has 2 rings (SSSR count). The molecule has 5 nitrogen and oxygen atoms in total. The molecular formula is C11H12N2O3S. The minimum atomic E-state index is -0.819. The molecule has 90 valence electrons. The van der Waals surface area contributed by atoms with Crippen molar-refractivity contribution >= 4 is 32.7 Å². The summed E-state index contributed by atoms with van der Waals surface area (Å²) in [7, 11) is 1.62. The molecule has 0 saturated heterocycles. The molecule has 1 aromatic heterocycles. The number of methoxy groups -OCH3 is 1. The highest BCUT2D eigenvalue weighted by Gasteiger charge is 2.05. The Bertz CT molecular complexity index is 538. The first kappa shape index (κ1) is 11.7. The number of rotatable bonds is 5. The molecule has 0 fully saturated rings. The number of carboxylic acids is 1. The van der Waals surface area contributed by atoms with Crippen LogP contribution in [0, 0.1) is 0 Å². The molecule has 17 heavy (non-hydrogen) atoms. The lowest BCUT2D eigenvalue weighted by Crippen LogP contribution is -2.06. The molecule has 0 spiro atoms. The van der Waals surface area contributed by atoms with Crippen molar-refractivity contribution in [2.24, 2.45) is 0 Å². The number of hydrogen-bond donors (Lipinski definition) is 2. The smallest absolute Gasteiger partial charge is 0.305 e. The van der Waals surface area contributed by atoms with Crippen LogP contribution >= 0.6 is 11.3 Å². The first-order valence-corrected chi connectivity index (χ1v) is 5.91. The molecule has 2 N–H and O–H groups in total. The van der Waals surface area contributed by atoms with Gasteiger partial charge in [-0.05, 0) is 18.2 Å². The number of thiazole rings is 1. The summed E-state index contributed by atoms with van der Waals surface area (Å²) in [4.78, 5) is 14.7. The molecule has 0 atom stereocenters. The van der Waals surface area contributed by atoms with Crippen molar-refractivity contribution in [3.05, 3.63) is 18.2 Å². The van der Waals surface area contributed by atoms with Gasteiger partial charge in [-0.15, -0.1) is 0 Å². The maximum atomic E-state index is 10.4. The van der Waals surface area contributed by atoms with Crippen molar-refractivity contribution in [3.8, 4) is 5.75 Å². The quantitative estimate of drug-likeness (QED) is 0.853. The van der Waals surface area contributed by atoms with E-state index < -0.39 is 5.97 Å². The largest absolute Gasteiger partial charge is 0.497 e. The molecule has 0 bridgehead atoms.